The number of thiophene rings is 1. The average Bonchev–Trinajstić information content (AvgIpc) is 3.38. The van der Waals surface area contributed by atoms with Crippen LogP contribution in [0.3, 0.4) is 0 Å². The molecule has 0 aliphatic heterocycles. The Morgan fingerprint density at radius 3 is 2.93 bits per heavy atom. The standard InChI is InChI=1S/C21H20N2O3S2/c24-19(23-17-8-3-6-14-5-1-2-7-16(14)17)12-26-20(25)11-15-13-28-21(22-15)18-9-4-10-27-18/h1-2,4-5,7,9-10,13,17H,3,6,8,11-12H2,(H,23,24)/t17-/m1/s1. The van der Waals surface area contributed by atoms with Gasteiger partial charge in [-0.2, -0.15) is 0 Å². The molecule has 1 aromatic carbocycles. The molecular weight excluding hydrogens is 392 g/mol. The van der Waals surface area contributed by atoms with E-state index in [2.05, 4.69) is 22.4 Å². The lowest BCUT2D eigenvalue weighted by molar-refractivity contribution is -0.148. The molecule has 0 saturated carbocycles. The Balaban J connectivity index is 1.27. The zero-order chi connectivity index (χ0) is 19.3. The van der Waals surface area contributed by atoms with Gasteiger partial charge in [0.2, 0.25) is 0 Å². The van der Waals surface area contributed by atoms with Crippen LogP contribution >= 0.6 is 22.7 Å². The number of esters is 1. The molecule has 1 N–H and O–H groups in total. The monoisotopic (exact) mass is 412 g/mol. The summed E-state index contributed by atoms with van der Waals surface area (Å²) in [7, 11) is 0. The fraction of sp³-hybridized carbons (Fsp3) is 0.286. The lowest BCUT2D eigenvalue weighted by Crippen LogP contribution is -2.34. The van der Waals surface area contributed by atoms with Crippen LogP contribution in [0.2, 0.25) is 0 Å². The molecule has 0 bridgehead atoms. The third kappa shape index (κ3) is 4.48. The van der Waals surface area contributed by atoms with E-state index in [0.717, 1.165) is 34.7 Å². The van der Waals surface area contributed by atoms with Crippen LogP contribution in [0.5, 0.6) is 0 Å². The van der Waals surface area contributed by atoms with Gasteiger partial charge in [-0.3, -0.25) is 9.59 Å². The third-order valence-corrected chi connectivity index (χ3v) is 6.61. The molecule has 1 aliphatic rings. The number of amides is 1. The van der Waals surface area contributed by atoms with Crippen molar-refractivity contribution < 1.29 is 14.3 Å². The van der Waals surface area contributed by atoms with Crippen LogP contribution in [0.25, 0.3) is 9.88 Å². The number of carbonyl (C=O) groups is 2. The van der Waals surface area contributed by atoms with Crippen molar-refractivity contribution in [3.05, 3.63) is 64.0 Å². The third-order valence-electron chi connectivity index (χ3n) is 4.68. The number of nitrogens with one attached hydrogen (secondary N) is 1. The number of carbonyl (C=O) groups excluding carboxylic acids is 2. The topological polar surface area (TPSA) is 68.3 Å². The molecule has 0 fully saturated rings. The maximum Gasteiger partial charge on any atom is 0.312 e. The Morgan fingerprint density at radius 1 is 1.18 bits per heavy atom. The highest BCUT2D eigenvalue weighted by Crippen LogP contribution is 2.29. The second-order valence-corrected chi connectivity index (χ2v) is 8.48. The second-order valence-electron chi connectivity index (χ2n) is 6.67. The zero-order valence-corrected chi connectivity index (χ0v) is 16.9. The first-order valence-corrected chi connectivity index (χ1v) is 11.0. The minimum atomic E-state index is -0.442. The van der Waals surface area contributed by atoms with Crippen LogP contribution in [0.15, 0.2) is 47.2 Å². The first-order chi connectivity index (χ1) is 13.7. The molecule has 144 valence electrons. The minimum absolute atomic E-state index is 0.0111. The summed E-state index contributed by atoms with van der Waals surface area (Å²) < 4.78 is 5.15. The number of aromatic nitrogens is 1. The lowest BCUT2D eigenvalue weighted by atomic mass is 9.88. The van der Waals surface area contributed by atoms with E-state index in [1.165, 1.54) is 16.9 Å². The van der Waals surface area contributed by atoms with E-state index in [0.29, 0.717) is 5.69 Å². The summed E-state index contributed by atoms with van der Waals surface area (Å²) in [5.41, 5.74) is 3.11. The first kappa shape index (κ1) is 18.8. The number of nitrogens with zero attached hydrogens (tertiary/aromatic N) is 1. The number of fused-ring (bicyclic) bond motifs is 1. The van der Waals surface area contributed by atoms with Gasteiger partial charge in [-0.25, -0.2) is 4.98 Å². The Morgan fingerprint density at radius 2 is 2.07 bits per heavy atom. The van der Waals surface area contributed by atoms with Crippen molar-refractivity contribution in [1.29, 1.82) is 0 Å². The summed E-state index contributed by atoms with van der Waals surface area (Å²) in [5, 5.41) is 7.73. The molecule has 1 atom stereocenters. The Hall–Kier alpha value is -2.51. The molecule has 0 unspecified atom stereocenters. The Bertz CT molecular complexity index is 966. The van der Waals surface area contributed by atoms with E-state index in [9.17, 15) is 9.59 Å². The van der Waals surface area contributed by atoms with Crippen LogP contribution in [0.1, 0.15) is 35.7 Å². The van der Waals surface area contributed by atoms with Gasteiger partial charge >= 0.3 is 5.97 Å². The molecule has 1 amide bonds. The zero-order valence-electron chi connectivity index (χ0n) is 15.2. The molecular formula is C21H20N2O3S2. The van der Waals surface area contributed by atoms with Crippen LogP contribution in [0.4, 0.5) is 0 Å². The van der Waals surface area contributed by atoms with Gasteiger partial charge < -0.3 is 10.1 Å². The fourth-order valence-electron chi connectivity index (χ4n) is 3.39. The fourth-order valence-corrected chi connectivity index (χ4v) is 5.02. The number of hydrogen-bond donors (Lipinski definition) is 1. The maximum absolute atomic E-state index is 12.2. The molecule has 0 radical (unpaired) electrons. The number of aryl methyl sites for hydroxylation is 1. The van der Waals surface area contributed by atoms with Gasteiger partial charge in [-0.05, 0) is 41.8 Å². The number of benzene rings is 1. The Labute approximate surface area is 171 Å². The normalized spacial score (nSPS) is 15.6. The molecule has 4 rings (SSSR count). The predicted molar refractivity (Wildman–Crippen MR) is 110 cm³/mol. The van der Waals surface area contributed by atoms with E-state index >= 15 is 0 Å². The molecule has 1 aliphatic carbocycles. The van der Waals surface area contributed by atoms with Crippen molar-refractivity contribution in [2.24, 2.45) is 0 Å². The molecule has 0 saturated heterocycles. The quantitative estimate of drug-likeness (QED) is 0.618. The van der Waals surface area contributed by atoms with Crippen molar-refractivity contribution in [1.82, 2.24) is 10.3 Å². The van der Waals surface area contributed by atoms with E-state index < -0.39 is 5.97 Å². The van der Waals surface area contributed by atoms with Crippen LogP contribution in [-0.4, -0.2) is 23.5 Å². The second kappa shape index (κ2) is 8.67. The smallest absolute Gasteiger partial charge is 0.312 e. The molecule has 7 heteroatoms. The number of thiazole rings is 1. The Kier molecular flexibility index (Phi) is 5.83. The van der Waals surface area contributed by atoms with Gasteiger partial charge in [0, 0.05) is 5.38 Å². The van der Waals surface area contributed by atoms with Crippen molar-refractivity contribution in [3.8, 4) is 9.88 Å². The van der Waals surface area contributed by atoms with Crippen molar-refractivity contribution in [3.63, 3.8) is 0 Å². The minimum Gasteiger partial charge on any atom is -0.455 e. The van der Waals surface area contributed by atoms with Crippen LogP contribution < -0.4 is 5.32 Å². The van der Waals surface area contributed by atoms with Crippen molar-refractivity contribution in [2.45, 2.75) is 31.7 Å². The average molecular weight is 413 g/mol. The van der Waals surface area contributed by atoms with Gasteiger partial charge in [-0.1, -0.05) is 30.3 Å². The molecule has 0 spiro atoms. The van der Waals surface area contributed by atoms with E-state index in [4.69, 9.17) is 4.74 Å². The summed E-state index contributed by atoms with van der Waals surface area (Å²) in [4.78, 5) is 29.9. The van der Waals surface area contributed by atoms with Gasteiger partial charge in [-0.15, -0.1) is 22.7 Å². The maximum atomic E-state index is 12.2. The van der Waals surface area contributed by atoms with Gasteiger partial charge in [0.25, 0.3) is 5.91 Å². The summed E-state index contributed by atoms with van der Waals surface area (Å²) in [6, 6.07) is 12.1. The molecule has 2 heterocycles. The predicted octanol–water partition coefficient (Wildman–Crippen LogP) is 4.15. The lowest BCUT2D eigenvalue weighted by Gasteiger charge is -2.26. The van der Waals surface area contributed by atoms with Crippen LogP contribution in [-0.2, 0) is 27.2 Å². The van der Waals surface area contributed by atoms with E-state index in [1.54, 1.807) is 11.3 Å². The molecule has 28 heavy (non-hydrogen) atoms. The number of rotatable bonds is 6. The highest BCUT2D eigenvalue weighted by Gasteiger charge is 2.22. The number of hydrogen-bond acceptors (Lipinski definition) is 6. The summed E-state index contributed by atoms with van der Waals surface area (Å²) in [5.74, 6) is -0.713. The number of ether oxygens (including phenoxy) is 1. The summed E-state index contributed by atoms with van der Waals surface area (Å²) in [6.07, 6.45) is 3.05. The summed E-state index contributed by atoms with van der Waals surface area (Å²) >= 11 is 3.12. The highest BCUT2D eigenvalue weighted by molar-refractivity contribution is 7.20. The molecule has 5 nitrogen and oxygen atoms in total. The van der Waals surface area contributed by atoms with Gasteiger partial charge in [0.05, 0.1) is 23.0 Å². The largest absolute Gasteiger partial charge is 0.455 e. The van der Waals surface area contributed by atoms with E-state index in [1.807, 2.05) is 35.0 Å². The van der Waals surface area contributed by atoms with Crippen LogP contribution in [0, 0.1) is 0 Å². The SMILES string of the molecule is O=C(COC(=O)Cc1csc(-c2cccs2)n1)N[C@@H]1CCCc2ccccc21. The van der Waals surface area contributed by atoms with Crippen molar-refractivity contribution >= 4 is 34.6 Å². The van der Waals surface area contributed by atoms with Gasteiger partial charge in [0.1, 0.15) is 5.01 Å². The highest BCUT2D eigenvalue weighted by atomic mass is 32.1. The summed E-state index contributed by atoms with van der Waals surface area (Å²) in [6.45, 7) is -0.264. The molecule has 3 aromatic rings. The first-order valence-electron chi connectivity index (χ1n) is 9.20. The van der Waals surface area contributed by atoms with Crippen molar-refractivity contribution in [2.75, 3.05) is 6.61 Å². The van der Waals surface area contributed by atoms with E-state index in [-0.39, 0.29) is 25.0 Å². The molecule has 2 aromatic heterocycles. The van der Waals surface area contributed by atoms with Gasteiger partial charge in [0.15, 0.2) is 6.61 Å².